The monoisotopic (exact) mass is 408 g/mol. The Bertz CT molecular complexity index is 879. The number of likely N-dealkylation sites (N-methyl/N-ethyl adjacent to an activating group) is 1. The van der Waals surface area contributed by atoms with Gasteiger partial charge in [0.05, 0.1) is 24.7 Å². The van der Waals surface area contributed by atoms with Crippen LogP contribution in [0, 0.1) is 5.21 Å². The minimum absolute atomic E-state index is 0.171. The highest BCUT2D eigenvalue weighted by Gasteiger charge is 2.41. The van der Waals surface area contributed by atoms with Crippen LogP contribution >= 0.6 is 0 Å². The van der Waals surface area contributed by atoms with Crippen molar-refractivity contribution < 1.29 is 36.1 Å². The van der Waals surface area contributed by atoms with Crippen molar-refractivity contribution in [2.45, 2.75) is 43.8 Å². The second-order valence-electron chi connectivity index (χ2n) is 7.20. The lowest BCUT2D eigenvalue weighted by molar-refractivity contribution is -0.896. The zero-order valence-electron chi connectivity index (χ0n) is 14.8. The number of aliphatic hydroxyl groups excluding tert-OH is 1. The minimum atomic E-state index is -5.01. The topological polar surface area (TPSA) is 56.2 Å². The summed E-state index contributed by atoms with van der Waals surface area (Å²) in [6.45, 7) is 0.171. The Balaban J connectivity index is 2.26. The number of aromatic nitrogens is 1. The van der Waals surface area contributed by atoms with Gasteiger partial charge in [-0.2, -0.15) is 26.3 Å². The molecular weight excluding hydrogens is 390 g/mol. The second kappa shape index (κ2) is 6.85. The van der Waals surface area contributed by atoms with Crippen LogP contribution in [0.2, 0.25) is 0 Å². The van der Waals surface area contributed by atoms with E-state index in [0.29, 0.717) is 25.0 Å². The molecule has 1 aromatic carbocycles. The molecule has 0 aliphatic carbocycles. The van der Waals surface area contributed by atoms with E-state index >= 15 is 0 Å². The van der Waals surface area contributed by atoms with Crippen LogP contribution in [0.15, 0.2) is 24.3 Å². The maximum atomic E-state index is 13.3. The van der Waals surface area contributed by atoms with E-state index in [2.05, 4.69) is 4.98 Å². The number of rotatable bonds is 2. The number of likely N-dealkylation sites (tertiary alicyclic amines) is 1. The van der Waals surface area contributed by atoms with Crippen molar-refractivity contribution in [2.24, 2.45) is 0 Å². The quantitative estimate of drug-likeness (QED) is 0.441. The van der Waals surface area contributed by atoms with Gasteiger partial charge in [0.25, 0.3) is 0 Å². The van der Waals surface area contributed by atoms with Gasteiger partial charge >= 0.3 is 12.4 Å². The van der Waals surface area contributed by atoms with Crippen LogP contribution in [0.25, 0.3) is 10.9 Å². The van der Waals surface area contributed by atoms with Crippen molar-refractivity contribution in [1.82, 2.24) is 4.98 Å². The Morgan fingerprint density at radius 1 is 1.14 bits per heavy atom. The summed E-state index contributed by atoms with van der Waals surface area (Å²) < 4.78 is 79.0. The highest BCUT2D eigenvalue weighted by atomic mass is 19.4. The molecule has 4 nitrogen and oxygen atoms in total. The van der Waals surface area contributed by atoms with E-state index in [-0.39, 0.29) is 23.9 Å². The number of hydrogen-bond acceptors (Lipinski definition) is 3. The van der Waals surface area contributed by atoms with E-state index < -0.39 is 45.9 Å². The molecule has 0 amide bonds. The molecule has 1 unspecified atom stereocenters. The summed E-state index contributed by atoms with van der Waals surface area (Å²) in [4.78, 5) is 3.20. The lowest BCUT2D eigenvalue weighted by Crippen LogP contribution is -2.53. The number of alkyl halides is 6. The molecule has 10 heteroatoms. The van der Waals surface area contributed by atoms with Crippen molar-refractivity contribution >= 4 is 10.9 Å². The predicted octanol–water partition coefficient (Wildman–Crippen LogP) is 4.80. The van der Waals surface area contributed by atoms with Gasteiger partial charge in [-0.05, 0) is 30.5 Å². The third-order valence-electron chi connectivity index (χ3n) is 5.20. The number of nitrogens with zero attached hydrogens (tertiary/aromatic N) is 2. The third-order valence-corrected chi connectivity index (χ3v) is 5.20. The smallest absolute Gasteiger partial charge is 0.433 e. The fourth-order valence-electron chi connectivity index (χ4n) is 3.78. The molecule has 28 heavy (non-hydrogen) atoms. The lowest BCUT2D eigenvalue weighted by Gasteiger charge is -2.50. The van der Waals surface area contributed by atoms with Crippen molar-refractivity contribution in [3.8, 4) is 0 Å². The van der Waals surface area contributed by atoms with Gasteiger partial charge in [-0.25, -0.2) is 4.98 Å². The Morgan fingerprint density at radius 3 is 2.39 bits per heavy atom. The zero-order valence-corrected chi connectivity index (χ0v) is 14.8. The number of quaternary nitrogens is 1. The van der Waals surface area contributed by atoms with E-state index in [1.54, 1.807) is 0 Å². The molecule has 1 fully saturated rings. The normalized spacial score (nSPS) is 25.1. The molecule has 1 saturated heterocycles. The molecular formula is C18H18F6N2O2. The summed E-state index contributed by atoms with van der Waals surface area (Å²) in [5, 5.41) is 23.2. The molecule has 0 saturated carbocycles. The van der Waals surface area contributed by atoms with Crippen molar-refractivity contribution in [1.29, 1.82) is 0 Å². The van der Waals surface area contributed by atoms with Gasteiger partial charge in [0.1, 0.15) is 17.8 Å². The molecule has 154 valence electrons. The van der Waals surface area contributed by atoms with E-state index in [9.17, 15) is 36.7 Å². The van der Waals surface area contributed by atoms with Gasteiger partial charge < -0.3 is 15.0 Å². The van der Waals surface area contributed by atoms with E-state index in [4.69, 9.17) is 0 Å². The number of para-hydroxylation sites is 1. The van der Waals surface area contributed by atoms with Gasteiger partial charge in [-0.3, -0.25) is 0 Å². The molecule has 2 aromatic rings. The molecule has 1 aliphatic heterocycles. The Morgan fingerprint density at radius 2 is 1.82 bits per heavy atom. The first-order valence-electron chi connectivity index (χ1n) is 8.65. The van der Waals surface area contributed by atoms with E-state index in [1.165, 1.54) is 13.1 Å². The van der Waals surface area contributed by atoms with Gasteiger partial charge in [-0.15, -0.1) is 0 Å². The molecule has 3 rings (SSSR count). The van der Waals surface area contributed by atoms with Crippen molar-refractivity contribution in [2.75, 3.05) is 13.6 Å². The van der Waals surface area contributed by atoms with E-state index in [0.717, 1.165) is 6.07 Å². The number of halogens is 6. The fourth-order valence-corrected chi connectivity index (χ4v) is 3.78. The first kappa shape index (κ1) is 20.8. The Kier molecular flexibility index (Phi) is 5.10. The number of hydrogen-bond donors (Lipinski definition) is 1. The molecule has 0 radical (unpaired) electrons. The molecule has 1 aromatic heterocycles. The molecule has 0 spiro atoms. The molecule has 1 N–H and O–H groups in total. The fraction of sp³-hybridized carbons (Fsp3) is 0.500. The van der Waals surface area contributed by atoms with Crippen LogP contribution < -0.4 is 0 Å². The van der Waals surface area contributed by atoms with E-state index in [1.807, 2.05) is 0 Å². The lowest BCUT2D eigenvalue weighted by atomic mass is 9.90. The Hall–Kier alpha value is -1.91. The van der Waals surface area contributed by atoms with Crippen molar-refractivity contribution in [3.05, 3.63) is 46.3 Å². The number of hydroxylamine groups is 3. The molecule has 2 heterocycles. The number of pyridine rings is 1. The number of benzene rings is 1. The molecule has 3 atom stereocenters. The number of aliphatic hydroxyl groups is 1. The van der Waals surface area contributed by atoms with Crippen LogP contribution in [0.5, 0.6) is 0 Å². The minimum Gasteiger partial charge on any atom is -0.633 e. The maximum Gasteiger partial charge on any atom is 0.433 e. The predicted molar refractivity (Wildman–Crippen MR) is 88.8 cm³/mol. The summed E-state index contributed by atoms with van der Waals surface area (Å²) >= 11 is 0. The van der Waals surface area contributed by atoms with Crippen LogP contribution in [-0.2, 0) is 12.4 Å². The maximum absolute atomic E-state index is 13.3. The average molecular weight is 408 g/mol. The number of piperidine rings is 1. The zero-order chi connectivity index (χ0) is 20.9. The first-order valence-corrected chi connectivity index (χ1v) is 8.65. The Labute approximate surface area is 156 Å². The summed E-state index contributed by atoms with van der Waals surface area (Å²) in [6.07, 6.45) is -10.1. The highest BCUT2D eigenvalue weighted by molar-refractivity contribution is 5.86. The van der Waals surface area contributed by atoms with Crippen LogP contribution in [0.4, 0.5) is 26.3 Å². The first-order chi connectivity index (χ1) is 12.8. The largest absolute Gasteiger partial charge is 0.633 e. The van der Waals surface area contributed by atoms with Gasteiger partial charge in [-0.1, -0.05) is 12.1 Å². The van der Waals surface area contributed by atoms with Crippen LogP contribution in [0.1, 0.15) is 42.2 Å². The van der Waals surface area contributed by atoms with Gasteiger partial charge in [0.2, 0.25) is 0 Å². The summed E-state index contributed by atoms with van der Waals surface area (Å²) in [5.74, 6) is 0. The van der Waals surface area contributed by atoms with Crippen molar-refractivity contribution in [3.63, 3.8) is 0 Å². The summed E-state index contributed by atoms with van der Waals surface area (Å²) in [6, 6.07) is 2.42. The SMILES string of the molecule is C[N+]1([O-])CCCC[C@H]1[C@H](O)c1cc(C(F)(F)F)nc2c(C(F)(F)F)cccc12. The third kappa shape index (κ3) is 3.81. The second-order valence-corrected chi connectivity index (χ2v) is 7.20. The number of fused-ring (bicyclic) bond motifs is 1. The standard InChI is InChI=1S/C18H18F6N2O2/c1-26(28)8-3-2-7-13(26)16(27)11-9-14(18(22,23)24)25-15-10(11)5-4-6-12(15)17(19,20)21/h4-6,9,13,16,27H,2-3,7-8H2,1H3/t13-,16+,26?/m0/s1. The van der Waals surface area contributed by atoms with Crippen LogP contribution in [0.3, 0.4) is 0 Å². The van der Waals surface area contributed by atoms with Gasteiger partial charge in [0.15, 0.2) is 0 Å². The molecule has 1 aliphatic rings. The molecule has 0 bridgehead atoms. The van der Waals surface area contributed by atoms with Crippen LogP contribution in [-0.4, -0.2) is 34.4 Å². The highest BCUT2D eigenvalue weighted by Crippen LogP contribution is 2.41. The summed E-state index contributed by atoms with van der Waals surface area (Å²) in [5.41, 5.74) is -4.13. The van der Waals surface area contributed by atoms with Gasteiger partial charge in [0, 0.05) is 11.8 Å². The average Bonchev–Trinajstić information content (AvgIpc) is 2.57. The summed E-state index contributed by atoms with van der Waals surface area (Å²) in [7, 11) is 1.31.